The number of rotatable bonds is 3. The molecule has 1 amide bonds. The summed E-state index contributed by atoms with van der Waals surface area (Å²) in [6.45, 7) is -0.190. The smallest absolute Gasteiger partial charge is 0.393 e. The van der Waals surface area contributed by atoms with Crippen LogP contribution in [0.3, 0.4) is 0 Å². The van der Waals surface area contributed by atoms with Crippen LogP contribution < -0.4 is 5.32 Å². The van der Waals surface area contributed by atoms with Crippen LogP contribution in [0.1, 0.15) is 28.4 Å². The van der Waals surface area contributed by atoms with Crippen LogP contribution in [0.5, 0.6) is 0 Å². The minimum atomic E-state index is -4.24. The van der Waals surface area contributed by atoms with Gasteiger partial charge < -0.3 is 14.3 Å². The highest BCUT2D eigenvalue weighted by Gasteiger charge is 2.42. The number of furan rings is 1. The second-order valence-corrected chi connectivity index (χ2v) is 5.11. The summed E-state index contributed by atoms with van der Waals surface area (Å²) in [5, 5.41) is 10.4. The van der Waals surface area contributed by atoms with Gasteiger partial charge in [-0.1, -0.05) is 0 Å². The summed E-state index contributed by atoms with van der Waals surface area (Å²) >= 11 is 0. The molecule has 22 heavy (non-hydrogen) atoms. The van der Waals surface area contributed by atoms with Crippen molar-refractivity contribution in [2.45, 2.75) is 32.1 Å². The minimum absolute atomic E-state index is 0.0155. The van der Waals surface area contributed by atoms with E-state index < -0.39 is 12.1 Å². The number of aromatic nitrogens is 3. The van der Waals surface area contributed by atoms with Gasteiger partial charge in [0.05, 0.1) is 24.3 Å². The summed E-state index contributed by atoms with van der Waals surface area (Å²) < 4.78 is 44.8. The number of hydrogen-bond donors (Lipinski definition) is 1. The number of halogens is 3. The Morgan fingerprint density at radius 1 is 1.45 bits per heavy atom. The molecule has 3 heterocycles. The zero-order chi connectivity index (χ0) is 15.7. The fourth-order valence-corrected chi connectivity index (χ4v) is 2.44. The summed E-state index contributed by atoms with van der Waals surface area (Å²) in [7, 11) is 0. The van der Waals surface area contributed by atoms with Crippen molar-refractivity contribution in [3.63, 3.8) is 0 Å². The first kappa shape index (κ1) is 14.6. The first-order valence-electron chi connectivity index (χ1n) is 6.73. The topological polar surface area (TPSA) is 73.0 Å². The lowest BCUT2D eigenvalue weighted by Gasteiger charge is -2.26. The largest absolute Gasteiger partial charge is 0.472 e. The summed E-state index contributed by atoms with van der Waals surface area (Å²) in [6, 6.07) is 1.49. The van der Waals surface area contributed by atoms with Gasteiger partial charge in [-0.05, 0) is 12.5 Å². The van der Waals surface area contributed by atoms with E-state index in [1.807, 2.05) is 0 Å². The Hall–Kier alpha value is -2.32. The van der Waals surface area contributed by atoms with E-state index >= 15 is 0 Å². The molecule has 0 radical (unpaired) electrons. The normalized spacial score (nSPS) is 18.0. The Bertz CT molecular complexity index is 663. The van der Waals surface area contributed by atoms with Crippen LogP contribution in [-0.4, -0.2) is 26.8 Å². The number of nitrogens with zero attached hydrogens (tertiary/aromatic N) is 3. The maximum absolute atomic E-state index is 12.8. The van der Waals surface area contributed by atoms with E-state index in [0.29, 0.717) is 17.2 Å². The average Bonchev–Trinajstić information content (AvgIpc) is 3.13. The molecule has 0 saturated carbocycles. The van der Waals surface area contributed by atoms with Gasteiger partial charge >= 0.3 is 6.18 Å². The SMILES string of the molecule is O=C(NCc1nnc2n1CC(C(F)(F)F)CC2)c1ccoc1. The summed E-state index contributed by atoms with van der Waals surface area (Å²) in [5.74, 6) is -0.942. The molecular weight excluding hydrogens is 301 g/mol. The van der Waals surface area contributed by atoms with Crippen LogP contribution >= 0.6 is 0 Å². The lowest BCUT2D eigenvalue weighted by molar-refractivity contribution is -0.182. The van der Waals surface area contributed by atoms with Gasteiger partial charge in [-0.15, -0.1) is 10.2 Å². The van der Waals surface area contributed by atoms with Crippen LogP contribution in [0.4, 0.5) is 13.2 Å². The summed E-state index contributed by atoms with van der Waals surface area (Å²) in [4.78, 5) is 11.8. The highest BCUT2D eigenvalue weighted by molar-refractivity contribution is 5.93. The van der Waals surface area contributed by atoms with Crippen molar-refractivity contribution in [3.05, 3.63) is 35.8 Å². The zero-order valence-corrected chi connectivity index (χ0v) is 11.4. The molecule has 0 saturated heterocycles. The van der Waals surface area contributed by atoms with Crippen LogP contribution in [0.25, 0.3) is 0 Å². The van der Waals surface area contributed by atoms with Crippen LogP contribution in [0.15, 0.2) is 23.0 Å². The number of aryl methyl sites for hydroxylation is 1. The van der Waals surface area contributed by atoms with E-state index in [1.165, 1.54) is 23.2 Å². The lowest BCUT2D eigenvalue weighted by Crippen LogP contribution is -2.33. The molecule has 1 N–H and O–H groups in total. The van der Waals surface area contributed by atoms with Crippen LogP contribution in [0.2, 0.25) is 0 Å². The van der Waals surface area contributed by atoms with Crippen molar-refractivity contribution in [3.8, 4) is 0 Å². The molecule has 0 spiro atoms. The number of hydrogen-bond acceptors (Lipinski definition) is 4. The third-order valence-corrected chi connectivity index (χ3v) is 3.68. The van der Waals surface area contributed by atoms with Gasteiger partial charge in [-0.25, -0.2) is 0 Å². The number of amides is 1. The van der Waals surface area contributed by atoms with E-state index in [4.69, 9.17) is 4.42 Å². The van der Waals surface area contributed by atoms with E-state index in [1.54, 1.807) is 0 Å². The molecule has 0 fully saturated rings. The van der Waals surface area contributed by atoms with Crippen molar-refractivity contribution in [1.82, 2.24) is 20.1 Å². The standard InChI is InChI=1S/C13H13F3N4O2/c14-13(15,16)9-1-2-10-18-19-11(20(10)6-9)5-17-12(21)8-3-4-22-7-8/h3-4,7,9H,1-2,5-6H2,(H,17,21). The van der Waals surface area contributed by atoms with Crippen molar-refractivity contribution in [1.29, 1.82) is 0 Å². The second kappa shape index (κ2) is 5.47. The Labute approximate surface area is 123 Å². The predicted octanol–water partition coefficient (Wildman–Crippen LogP) is 1.93. The maximum atomic E-state index is 12.8. The third-order valence-electron chi connectivity index (χ3n) is 3.68. The third kappa shape index (κ3) is 2.83. The van der Waals surface area contributed by atoms with Gasteiger partial charge in [-0.2, -0.15) is 13.2 Å². The molecule has 118 valence electrons. The predicted molar refractivity (Wildman–Crippen MR) is 67.8 cm³/mol. The van der Waals surface area contributed by atoms with Crippen molar-refractivity contribution in [2.75, 3.05) is 0 Å². The number of carbonyl (C=O) groups excluding carboxylic acids is 1. The highest BCUT2D eigenvalue weighted by Crippen LogP contribution is 2.34. The minimum Gasteiger partial charge on any atom is -0.472 e. The van der Waals surface area contributed by atoms with E-state index in [-0.39, 0.29) is 31.8 Å². The fraction of sp³-hybridized carbons (Fsp3) is 0.462. The van der Waals surface area contributed by atoms with Gasteiger partial charge in [0.15, 0.2) is 5.82 Å². The molecule has 2 aromatic heterocycles. The molecule has 0 aromatic carbocycles. The van der Waals surface area contributed by atoms with E-state index in [2.05, 4.69) is 15.5 Å². The molecule has 1 aliphatic rings. The molecule has 0 bridgehead atoms. The summed E-state index contributed by atoms with van der Waals surface area (Å²) in [6.07, 6.45) is -1.34. The zero-order valence-electron chi connectivity index (χ0n) is 11.4. The maximum Gasteiger partial charge on any atom is 0.393 e. The van der Waals surface area contributed by atoms with Gasteiger partial charge in [0.1, 0.15) is 12.1 Å². The molecule has 2 aromatic rings. The Balaban J connectivity index is 1.69. The van der Waals surface area contributed by atoms with Gasteiger partial charge in [-0.3, -0.25) is 4.79 Å². The molecule has 1 atom stereocenters. The first-order chi connectivity index (χ1) is 10.4. The fourth-order valence-electron chi connectivity index (χ4n) is 2.44. The molecular formula is C13H13F3N4O2. The van der Waals surface area contributed by atoms with Crippen molar-refractivity contribution in [2.24, 2.45) is 5.92 Å². The quantitative estimate of drug-likeness (QED) is 0.939. The lowest BCUT2D eigenvalue weighted by atomic mass is 9.99. The number of alkyl halides is 3. The van der Waals surface area contributed by atoms with Gasteiger partial charge in [0.25, 0.3) is 5.91 Å². The highest BCUT2D eigenvalue weighted by atomic mass is 19.4. The number of nitrogens with one attached hydrogen (secondary N) is 1. The molecule has 6 nitrogen and oxygen atoms in total. The number of carbonyl (C=O) groups is 1. The Morgan fingerprint density at radius 2 is 2.27 bits per heavy atom. The second-order valence-electron chi connectivity index (χ2n) is 5.11. The van der Waals surface area contributed by atoms with E-state index in [9.17, 15) is 18.0 Å². The van der Waals surface area contributed by atoms with Gasteiger partial charge in [0, 0.05) is 13.0 Å². The average molecular weight is 314 g/mol. The van der Waals surface area contributed by atoms with Crippen LogP contribution in [0, 0.1) is 5.92 Å². The van der Waals surface area contributed by atoms with Crippen molar-refractivity contribution < 1.29 is 22.4 Å². The Morgan fingerprint density at radius 3 is 2.95 bits per heavy atom. The van der Waals surface area contributed by atoms with Crippen molar-refractivity contribution >= 4 is 5.91 Å². The molecule has 9 heteroatoms. The summed E-state index contributed by atoms with van der Waals surface area (Å²) in [5.41, 5.74) is 0.339. The number of fused-ring (bicyclic) bond motifs is 1. The molecule has 3 rings (SSSR count). The Kier molecular flexibility index (Phi) is 3.63. The monoisotopic (exact) mass is 314 g/mol. The molecule has 1 unspecified atom stereocenters. The molecule has 1 aliphatic heterocycles. The van der Waals surface area contributed by atoms with E-state index in [0.717, 1.165) is 0 Å². The molecule has 0 aliphatic carbocycles. The van der Waals surface area contributed by atoms with Gasteiger partial charge in [0.2, 0.25) is 0 Å². The first-order valence-corrected chi connectivity index (χ1v) is 6.73. The van der Waals surface area contributed by atoms with Crippen LogP contribution in [-0.2, 0) is 19.5 Å².